The van der Waals surface area contributed by atoms with E-state index < -0.39 is 0 Å². The Morgan fingerprint density at radius 2 is 2.33 bits per heavy atom. The Bertz CT molecular complexity index is 261. The van der Waals surface area contributed by atoms with Crippen LogP contribution in [0, 0.1) is 5.92 Å². The van der Waals surface area contributed by atoms with E-state index in [-0.39, 0.29) is 5.54 Å². The van der Waals surface area contributed by atoms with E-state index in [1.54, 1.807) is 0 Å². The van der Waals surface area contributed by atoms with Crippen molar-refractivity contribution in [1.29, 1.82) is 0 Å². The molecule has 0 bridgehead atoms. The molecular weight excluding hydrogens is 208 g/mol. The minimum atomic E-state index is 0.103. The van der Waals surface area contributed by atoms with Crippen molar-refractivity contribution in [2.45, 2.75) is 38.8 Å². The highest BCUT2D eigenvalue weighted by molar-refractivity contribution is 8.13. The van der Waals surface area contributed by atoms with E-state index >= 15 is 0 Å². The first-order chi connectivity index (χ1) is 7.09. The lowest BCUT2D eigenvalue weighted by Crippen LogP contribution is -2.47. The van der Waals surface area contributed by atoms with Crippen LogP contribution in [0.25, 0.3) is 0 Å². The first-order valence-corrected chi connectivity index (χ1v) is 6.64. The molecule has 2 aliphatic heterocycles. The average molecular weight is 228 g/mol. The average Bonchev–Trinajstić information content (AvgIpc) is 2.59. The van der Waals surface area contributed by atoms with Gasteiger partial charge in [-0.15, -0.1) is 0 Å². The van der Waals surface area contributed by atoms with Gasteiger partial charge in [0, 0.05) is 12.4 Å². The maximum atomic E-state index is 5.42. The van der Waals surface area contributed by atoms with Gasteiger partial charge in [0.25, 0.3) is 0 Å². The van der Waals surface area contributed by atoms with Gasteiger partial charge < -0.3 is 10.1 Å². The molecule has 0 radical (unpaired) electrons. The quantitative estimate of drug-likeness (QED) is 0.744. The molecule has 2 rings (SSSR count). The zero-order valence-corrected chi connectivity index (χ0v) is 10.6. The van der Waals surface area contributed by atoms with Crippen LogP contribution in [0.3, 0.4) is 0 Å². The largest absolute Gasteiger partial charge is 0.379 e. The highest BCUT2D eigenvalue weighted by Crippen LogP contribution is 2.25. The van der Waals surface area contributed by atoms with Crippen molar-refractivity contribution in [3.8, 4) is 0 Å². The maximum absolute atomic E-state index is 5.42. The zero-order valence-electron chi connectivity index (χ0n) is 9.75. The molecule has 3 unspecified atom stereocenters. The minimum Gasteiger partial charge on any atom is -0.379 e. The van der Waals surface area contributed by atoms with Crippen molar-refractivity contribution < 1.29 is 4.74 Å². The molecule has 0 aromatic heterocycles. The Kier molecular flexibility index (Phi) is 3.26. The van der Waals surface area contributed by atoms with E-state index in [9.17, 15) is 0 Å². The summed E-state index contributed by atoms with van der Waals surface area (Å²) in [7, 11) is 0. The fourth-order valence-electron chi connectivity index (χ4n) is 1.79. The van der Waals surface area contributed by atoms with Crippen molar-refractivity contribution >= 4 is 16.9 Å². The summed E-state index contributed by atoms with van der Waals surface area (Å²) in [6, 6.07) is 0.444. The van der Waals surface area contributed by atoms with E-state index in [0.29, 0.717) is 12.0 Å². The highest BCUT2D eigenvalue weighted by atomic mass is 32.2. The number of thioether (sulfide) groups is 1. The fourth-order valence-corrected chi connectivity index (χ4v) is 3.05. The molecule has 2 aliphatic rings. The third kappa shape index (κ3) is 2.67. The third-order valence-electron chi connectivity index (χ3n) is 3.25. The second-order valence-electron chi connectivity index (χ2n) is 4.95. The van der Waals surface area contributed by atoms with Gasteiger partial charge in [-0.3, -0.25) is 4.99 Å². The van der Waals surface area contributed by atoms with Crippen molar-refractivity contribution in [3.63, 3.8) is 0 Å². The first kappa shape index (κ1) is 11.3. The van der Waals surface area contributed by atoms with Crippen molar-refractivity contribution in [1.82, 2.24) is 5.32 Å². The van der Waals surface area contributed by atoms with Gasteiger partial charge in [-0.1, -0.05) is 18.7 Å². The third-order valence-corrected chi connectivity index (χ3v) is 4.43. The lowest BCUT2D eigenvalue weighted by molar-refractivity contribution is 0.177. The number of nitrogens with one attached hydrogen (secondary N) is 1. The molecule has 3 nitrogen and oxygen atoms in total. The van der Waals surface area contributed by atoms with Crippen LogP contribution in [0.15, 0.2) is 4.99 Å². The summed E-state index contributed by atoms with van der Waals surface area (Å²) in [5, 5.41) is 4.64. The van der Waals surface area contributed by atoms with Crippen molar-refractivity contribution in [2.75, 3.05) is 19.0 Å². The van der Waals surface area contributed by atoms with E-state index in [4.69, 9.17) is 4.74 Å². The zero-order chi connectivity index (χ0) is 10.9. The highest BCUT2D eigenvalue weighted by Gasteiger charge is 2.32. The molecule has 0 aliphatic carbocycles. The molecule has 0 spiro atoms. The number of amidine groups is 1. The van der Waals surface area contributed by atoms with Crippen LogP contribution >= 0.6 is 11.8 Å². The Labute approximate surface area is 96.1 Å². The standard InChI is InChI=1S/C11H20N2OS/c1-8-6-15-10(12-9(8)2)13-11(3)4-5-14-7-11/h8-9H,4-7H2,1-3H3,(H,12,13). The molecular formula is C11H20N2OS. The second kappa shape index (κ2) is 4.34. The number of rotatable bonds is 1. The smallest absolute Gasteiger partial charge is 0.157 e. The minimum absolute atomic E-state index is 0.103. The van der Waals surface area contributed by atoms with Gasteiger partial charge in [0.1, 0.15) is 0 Å². The lowest BCUT2D eigenvalue weighted by atomic mass is 10.0. The summed E-state index contributed by atoms with van der Waals surface area (Å²) in [5.74, 6) is 1.86. The van der Waals surface area contributed by atoms with Crippen LogP contribution in [-0.4, -0.2) is 35.7 Å². The summed E-state index contributed by atoms with van der Waals surface area (Å²) >= 11 is 1.84. The second-order valence-corrected chi connectivity index (χ2v) is 5.96. The van der Waals surface area contributed by atoms with Crippen LogP contribution in [0.2, 0.25) is 0 Å². The molecule has 0 aromatic rings. The van der Waals surface area contributed by atoms with Gasteiger partial charge in [0.05, 0.1) is 18.2 Å². The van der Waals surface area contributed by atoms with E-state index in [1.165, 1.54) is 5.75 Å². The van der Waals surface area contributed by atoms with Gasteiger partial charge in [-0.25, -0.2) is 0 Å². The monoisotopic (exact) mass is 228 g/mol. The van der Waals surface area contributed by atoms with E-state index in [0.717, 1.165) is 24.8 Å². The summed E-state index contributed by atoms with van der Waals surface area (Å²) in [5.41, 5.74) is 0.103. The number of ether oxygens (including phenoxy) is 1. The van der Waals surface area contributed by atoms with Crippen LogP contribution in [-0.2, 0) is 4.74 Å². The van der Waals surface area contributed by atoms with Gasteiger partial charge in [0.15, 0.2) is 5.17 Å². The predicted molar refractivity (Wildman–Crippen MR) is 65.5 cm³/mol. The summed E-state index contributed by atoms with van der Waals surface area (Å²) in [6.07, 6.45) is 1.08. The lowest BCUT2D eigenvalue weighted by Gasteiger charge is -2.30. The van der Waals surface area contributed by atoms with Gasteiger partial charge in [0.2, 0.25) is 0 Å². The fraction of sp³-hybridized carbons (Fsp3) is 0.909. The van der Waals surface area contributed by atoms with Gasteiger partial charge in [-0.2, -0.15) is 0 Å². The number of hydrogen-bond acceptors (Lipinski definition) is 4. The normalized spacial score (nSPS) is 41.4. The van der Waals surface area contributed by atoms with E-state index in [1.807, 2.05) is 11.8 Å². The predicted octanol–water partition coefficient (Wildman–Crippen LogP) is 1.88. The van der Waals surface area contributed by atoms with Gasteiger partial charge >= 0.3 is 0 Å². The Morgan fingerprint density at radius 1 is 1.53 bits per heavy atom. The number of nitrogens with zero attached hydrogens (tertiary/aromatic N) is 1. The molecule has 0 amide bonds. The molecule has 0 saturated carbocycles. The molecule has 86 valence electrons. The molecule has 0 aromatic carbocycles. The molecule has 3 atom stereocenters. The molecule has 2 heterocycles. The van der Waals surface area contributed by atoms with Gasteiger partial charge in [-0.05, 0) is 26.2 Å². The van der Waals surface area contributed by atoms with Crippen LogP contribution < -0.4 is 5.32 Å². The topological polar surface area (TPSA) is 33.6 Å². The van der Waals surface area contributed by atoms with Crippen LogP contribution in [0.5, 0.6) is 0 Å². The Morgan fingerprint density at radius 3 is 2.93 bits per heavy atom. The van der Waals surface area contributed by atoms with Crippen molar-refractivity contribution in [3.05, 3.63) is 0 Å². The Hall–Kier alpha value is -0.220. The first-order valence-electron chi connectivity index (χ1n) is 5.66. The molecule has 1 saturated heterocycles. The molecule has 1 fully saturated rings. The van der Waals surface area contributed by atoms with Crippen LogP contribution in [0.4, 0.5) is 0 Å². The van der Waals surface area contributed by atoms with Crippen LogP contribution in [0.1, 0.15) is 27.2 Å². The summed E-state index contributed by atoms with van der Waals surface area (Å²) < 4.78 is 5.42. The number of hydrogen-bond donors (Lipinski definition) is 1. The molecule has 1 N–H and O–H groups in total. The summed E-state index contributed by atoms with van der Waals surface area (Å²) in [4.78, 5) is 4.68. The summed E-state index contributed by atoms with van der Waals surface area (Å²) in [6.45, 7) is 8.34. The molecule has 15 heavy (non-hydrogen) atoms. The van der Waals surface area contributed by atoms with Crippen molar-refractivity contribution in [2.24, 2.45) is 10.9 Å². The molecule has 4 heteroatoms. The number of aliphatic imine (C=N–C) groups is 1. The van der Waals surface area contributed by atoms with E-state index in [2.05, 4.69) is 31.1 Å². The maximum Gasteiger partial charge on any atom is 0.157 e. The SMILES string of the molecule is CC1CSC(NC2(C)CCOC2)=NC1C. The Balaban J connectivity index is 1.97.